The van der Waals surface area contributed by atoms with Gasteiger partial charge in [0.15, 0.2) is 0 Å². The maximum atomic E-state index is 11.2. The van der Waals surface area contributed by atoms with Gasteiger partial charge in [0, 0.05) is 11.6 Å². The SMILES string of the molecule is CC1=NC2CCCC2C(C(=O)O)=C1C(=O)O. The molecule has 0 spiro atoms. The molecule has 2 aliphatic rings. The monoisotopic (exact) mass is 223 g/mol. The van der Waals surface area contributed by atoms with Crippen molar-refractivity contribution in [2.75, 3.05) is 0 Å². The Morgan fingerprint density at radius 3 is 2.50 bits per heavy atom. The van der Waals surface area contributed by atoms with E-state index in [0.717, 1.165) is 19.3 Å². The number of hydrogen-bond acceptors (Lipinski definition) is 3. The molecule has 2 atom stereocenters. The van der Waals surface area contributed by atoms with Gasteiger partial charge in [0.2, 0.25) is 0 Å². The van der Waals surface area contributed by atoms with Crippen molar-refractivity contribution < 1.29 is 19.8 Å². The zero-order valence-corrected chi connectivity index (χ0v) is 8.93. The molecule has 0 amide bonds. The van der Waals surface area contributed by atoms with E-state index in [2.05, 4.69) is 4.99 Å². The Bertz CT molecular complexity index is 422. The van der Waals surface area contributed by atoms with Crippen molar-refractivity contribution in [2.24, 2.45) is 10.9 Å². The Kier molecular flexibility index (Phi) is 2.53. The standard InChI is InChI=1S/C11H13NO4/c1-5-8(10(13)14)9(11(15)16)6-3-2-4-7(6)12-5/h6-7H,2-4H2,1H3,(H,13,14)(H,15,16). The van der Waals surface area contributed by atoms with Crippen molar-refractivity contribution in [1.82, 2.24) is 0 Å². The third-order valence-corrected chi connectivity index (χ3v) is 3.29. The summed E-state index contributed by atoms with van der Waals surface area (Å²) in [6.45, 7) is 1.57. The predicted octanol–water partition coefficient (Wildman–Crippen LogP) is 1.10. The zero-order chi connectivity index (χ0) is 11.9. The third kappa shape index (κ3) is 1.52. The van der Waals surface area contributed by atoms with Gasteiger partial charge in [-0.3, -0.25) is 4.99 Å². The van der Waals surface area contributed by atoms with Crippen LogP contribution in [0.15, 0.2) is 16.1 Å². The average molecular weight is 223 g/mol. The minimum Gasteiger partial charge on any atom is -0.478 e. The molecule has 2 rings (SSSR count). The lowest BCUT2D eigenvalue weighted by Gasteiger charge is -2.24. The molecule has 0 aromatic rings. The lowest BCUT2D eigenvalue weighted by Crippen LogP contribution is -2.31. The molecule has 1 saturated carbocycles. The van der Waals surface area contributed by atoms with Gasteiger partial charge in [-0.1, -0.05) is 6.42 Å². The van der Waals surface area contributed by atoms with E-state index in [0.29, 0.717) is 5.71 Å². The normalized spacial score (nSPS) is 28.7. The first-order valence-corrected chi connectivity index (χ1v) is 5.28. The van der Waals surface area contributed by atoms with Gasteiger partial charge in [-0.15, -0.1) is 0 Å². The van der Waals surface area contributed by atoms with E-state index in [1.54, 1.807) is 6.92 Å². The number of hydrogen-bond donors (Lipinski definition) is 2. The highest BCUT2D eigenvalue weighted by atomic mass is 16.4. The second-order valence-corrected chi connectivity index (χ2v) is 4.22. The van der Waals surface area contributed by atoms with Crippen LogP contribution in [-0.2, 0) is 9.59 Å². The summed E-state index contributed by atoms with van der Waals surface area (Å²) in [5.41, 5.74) is 0.270. The van der Waals surface area contributed by atoms with Gasteiger partial charge >= 0.3 is 11.9 Å². The second kappa shape index (κ2) is 3.73. The van der Waals surface area contributed by atoms with Crippen molar-refractivity contribution in [3.63, 3.8) is 0 Å². The van der Waals surface area contributed by atoms with Gasteiger partial charge in [-0.2, -0.15) is 0 Å². The molecule has 16 heavy (non-hydrogen) atoms. The van der Waals surface area contributed by atoms with Crippen LogP contribution in [0.1, 0.15) is 26.2 Å². The van der Waals surface area contributed by atoms with E-state index in [-0.39, 0.29) is 23.1 Å². The van der Waals surface area contributed by atoms with E-state index in [1.807, 2.05) is 0 Å². The molecule has 1 aliphatic heterocycles. The van der Waals surface area contributed by atoms with Crippen LogP contribution in [0, 0.1) is 5.92 Å². The van der Waals surface area contributed by atoms with Crippen molar-refractivity contribution in [3.05, 3.63) is 11.1 Å². The van der Waals surface area contributed by atoms with Crippen molar-refractivity contribution in [1.29, 1.82) is 0 Å². The van der Waals surface area contributed by atoms with Gasteiger partial charge in [0.1, 0.15) is 0 Å². The van der Waals surface area contributed by atoms with Crippen LogP contribution in [0.2, 0.25) is 0 Å². The topological polar surface area (TPSA) is 87.0 Å². The Morgan fingerprint density at radius 1 is 1.25 bits per heavy atom. The number of carbonyl (C=O) groups is 2. The summed E-state index contributed by atoms with van der Waals surface area (Å²) in [7, 11) is 0. The summed E-state index contributed by atoms with van der Waals surface area (Å²) in [5.74, 6) is -2.53. The molecule has 1 heterocycles. The molecule has 5 heteroatoms. The minimum atomic E-state index is -1.19. The van der Waals surface area contributed by atoms with Gasteiger partial charge in [0.25, 0.3) is 0 Å². The lowest BCUT2D eigenvalue weighted by atomic mass is 9.85. The fourth-order valence-electron chi connectivity index (χ4n) is 2.66. The van der Waals surface area contributed by atoms with Crippen LogP contribution in [0.4, 0.5) is 0 Å². The largest absolute Gasteiger partial charge is 0.478 e. The highest BCUT2D eigenvalue weighted by Gasteiger charge is 2.40. The number of carboxylic acid groups (broad SMARTS) is 2. The van der Waals surface area contributed by atoms with Crippen molar-refractivity contribution in [2.45, 2.75) is 32.2 Å². The number of carboxylic acids is 2. The fraction of sp³-hybridized carbons (Fsp3) is 0.545. The van der Waals surface area contributed by atoms with Crippen LogP contribution >= 0.6 is 0 Å². The van der Waals surface area contributed by atoms with Gasteiger partial charge in [-0.25, -0.2) is 9.59 Å². The Morgan fingerprint density at radius 2 is 1.94 bits per heavy atom. The number of fused-ring (bicyclic) bond motifs is 1. The zero-order valence-electron chi connectivity index (χ0n) is 8.93. The van der Waals surface area contributed by atoms with Crippen LogP contribution < -0.4 is 0 Å². The molecular formula is C11H13NO4. The van der Waals surface area contributed by atoms with Gasteiger partial charge in [-0.05, 0) is 19.8 Å². The van der Waals surface area contributed by atoms with Crippen molar-refractivity contribution >= 4 is 17.7 Å². The lowest BCUT2D eigenvalue weighted by molar-refractivity contribution is -0.136. The summed E-state index contributed by atoms with van der Waals surface area (Å²) >= 11 is 0. The average Bonchev–Trinajstić information content (AvgIpc) is 2.61. The second-order valence-electron chi connectivity index (χ2n) is 4.22. The molecule has 5 nitrogen and oxygen atoms in total. The molecule has 0 saturated heterocycles. The molecule has 0 aromatic heterocycles. The number of nitrogens with zero attached hydrogens (tertiary/aromatic N) is 1. The molecule has 0 radical (unpaired) electrons. The Labute approximate surface area is 92.5 Å². The number of aliphatic carboxylic acids is 2. The van der Waals surface area contributed by atoms with Crippen molar-refractivity contribution in [3.8, 4) is 0 Å². The highest BCUT2D eigenvalue weighted by molar-refractivity contribution is 6.23. The molecular weight excluding hydrogens is 210 g/mol. The molecule has 0 aromatic carbocycles. The maximum Gasteiger partial charge on any atom is 0.338 e. The minimum absolute atomic E-state index is 0.0331. The van der Waals surface area contributed by atoms with E-state index in [9.17, 15) is 9.59 Å². The predicted molar refractivity (Wildman–Crippen MR) is 56.5 cm³/mol. The first-order chi connectivity index (χ1) is 7.52. The first kappa shape index (κ1) is 10.9. The van der Waals surface area contributed by atoms with E-state index in [1.165, 1.54) is 0 Å². The van der Waals surface area contributed by atoms with Gasteiger partial charge < -0.3 is 10.2 Å². The van der Waals surface area contributed by atoms with Crippen LogP contribution in [0.5, 0.6) is 0 Å². The molecule has 1 fully saturated rings. The van der Waals surface area contributed by atoms with E-state index >= 15 is 0 Å². The van der Waals surface area contributed by atoms with Gasteiger partial charge in [0.05, 0.1) is 17.2 Å². The molecule has 1 aliphatic carbocycles. The molecule has 2 N–H and O–H groups in total. The van der Waals surface area contributed by atoms with E-state index in [4.69, 9.17) is 10.2 Å². The Hall–Kier alpha value is -1.65. The fourth-order valence-corrected chi connectivity index (χ4v) is 2.66. The van der Waals surface area contributed by atoms with Crippen LogP contribution in [0.3, 0.4) is 0 Å². The highest BCUT2D eigenvalue weighted by Crippen LogP contribution is 2.38. The van der Waals surface area contributed by atoms with Crippen LogP contribution in [-0.4, -0.2) is 33.9 Å². The van der Waals surface area contributed by atoms with E-state index < -0.39 is 11.9 Å². The summed E-state index contributed by atoms with van der Waals surface area (Å²) in [5, 5.41) is 18.2. The molecule has 0 bridgehead atoms. The first-order valence-electron chi connectivity index (χ1n) is 5.28. The summed E-state index contributed by atoms with van der Waals surface area (Å²) in [6.07, 6.45) is 2.49. The quantitative estimate of drug-likeness (QED) is 0.733. The smallest absolute Gasteiger partial charge is 0.338 e. The number of aliphatic imine (C=N–C) groups is 1. The van der Waals surface area contributed by atoms with Crippen LogP contribution in [0.25, 0.3) is 0 Å². The maximum absolute atomic E-state index is 11.2. The Balaban J connectivity index is 2.56. The summed E-state index contributed by atoms with van der Waals surface area (Å²) < 4.78 is 0. The summed E-state index contributed by atoms with van der Waals surface area (Å²) in [6, 6.07) is -0.0331. The number of rotatable bonds is 2. The molecule has 2 unspecified atom stereocenters. The number of dihydropyridines is 1. The molecule has 86 valence electrons. The summed E-state index contributed by atoms with van der Waals surface area (Å²) in [4.78, 5) is 26.5. The third-order valence-electron chi connectivity index (χ3n) is 3.29.